The Kier molecular flexibility index (Phi) is 3.28. The van der Waals surface area contributed by atoms with Gasteiger partial charge in [-0.3, -0.25) is 9.79 Å². The van der Waals surface area contributed by atoms with Crippen molar-refractivity contribution in [2.75, 3.05) is 0 Å². The largest absolute Gasteiger partial charge is 0.337 e. The first-order valence-electron chi connectivity index (χ1n) is 10.8. The van der Waals surface area contributed by atoms with E-state index in [2.05, 4.69) is 30.0 Å². The third kappa shape index (κ3) is 2.45. The van der Waals surface area contributed by atoms with Crippen molar-refractivity contribution in [2.45, 2.75) is 81.8 Å². The molecule has 0 radical (unpaired) electrons. The van der Waals surface area contributed by atoms with Crippen LogP contribution in [0, 0.1) is 11.8 Å². The number of carbonyl (C=O) groups is 1. The highest BCUT2D eigenvalue weighted by molar-refractivity contribution is 6.15. The topological polar surface area (TPSA) is 58.7 Å². The van der Waals surface area contributed by atoms with Crippen molar-refractivity contribution in [3.8, 4) is 0 Å². The lowest BCUT2D eigenvalue weighted by molar-refractivity contribution is -0.151. The molecule has 7 rings (SSSR count). The maximum absolute atomic E-state index is 13.3. The average molecular weight is 364 g/mol. The van der Waals surface area contributed by atoms with Crippen molar-refractivity contribution >= 4 is 17.3 Å². The van der Waals surface area contributed by atoms with Gasteiger partial charge in [-0.05, 0) is 68.4 Å². The molecule has 27 heavy (non-hydrogen) atoms. The van der Waals surface area contributed by atoms with Gasteiger partial charge in [-0.15, -0.1) is 0 Å². The van der Waals surface area contributed by atoms with Crippen LogP contribution in [0.2, 0.25) is 0 Å². The standard InChI is InChI=1S/C23H29N3O/c1-13(22-21-18(15-5-6-15)3-2-4-19(21)25-22)7-20(27)26-16-8-14-9-17(26)12-23(24,10-14)11-16/h2-4,13-17H,5-12,24H2,1H3. The SMILES string of the molecule is CC(CC(=O)N1C2CC3CC1CC(N)(C3)C2)C1=Nc2cccc(C3CC3)c21. The van der Waals surface area contributed by atoms with Crippen LogP contribution in [0.1, 0.15) is 75.3 Å². The van der Waals surface area contributed by atoms with Gasteiger partial charge in [0, 0.05) is 35.5 Å². The molecule has 1 amide bonds. The summed E-state index contributed by atoms with van der Waals surface area (Å²) in [5.41, 5.74) is 11.8. The molecule has 4 bridgehead atoms. The normalized spacial score (nSPS) is 36.9. The fourth-order valence-corrected chi connectivity index (χ4v) is 6.71. The predicted octanol–water partition coefficient (Wildman–Crippen LogP) is 3.90. The summed E-state index contributed by atoms with van der Waals surface area (Å²) >= 11 is 0. The number of carbonyl (C=O) groups excluding carboxylic acids is 1. The van der Waals surface area contributed by atoms with Crippen molar-refractivity contribution in [1.82, 2.24) is 4.90 Å². The number of benzene rings is 1. The van der Waals surface area contributed by atoms with Crippen molar-refractivity contribution in [3.63, 3.8) is 0 Å². The zero-order valence-electron chi connectivity index (χ0n) is 16.2. The number of nitrogens with two attached hydrogens (primary N) is 1. The van der Waals surface area contributed by atoms with Crippen LogP contribution in [0.15, 0.2) is 23.2 Å². The lowest BCUT2D eigenvalue weighted by Gasteiger charge is -2.60. The molecule has 3 heterocycles. The summed E-state index contributed by atoms with van der Waals surface area (Å²) in [7, 11) is 0. The molecule has 3 saturated carbocycles. The molecule has 0 aromatic heterocycles. The van der Waals surface area contributed by atoms with Gasteiger partial charge in [-0.2, -0.15) is 0 Å². The number of amides is 1. The second kappa shape index (κ2) is 5.44. The van der Waals surface area contributed by atoms with Gasteiger partial charge < -0.3 is 10.6 Å². The Hall–Kier alpha value is -1.68. The summed E-state index contributed by atoms with van der Waals surface area (Å²) in [6, 6.07) is 7.28. The molecule has 3 aliphatic carbocycles. The highest BCUT2D eigenvalue weighted by Crippen LogP contribution is 2.51. The molecular weight excluding hydrogens is 334 g/mol. The van der Waals surface area contributed by atoms with Crippen LogP contribution in [0.5, 0.6) is 0 Å². The van der Waals surface area contributed by atoms with E-state index in [-0.39, 0.29) is 11.5 Å². The third-order valence-corrected chi connectivity index (χ3v) is 7.80. The molecule has 4 heteroatoms. The molecule has 3 atom stereocenters. The summed E-state index contributed by atoms with van der Waals surface area (Å²) in [5.74, 6) is 2.01. The van der Waals surface area contributed by atoms with E-state index in [0.29, 0.717) is 24.4 Å². The van der Waals surface area contributed by atoms with E-state index in [1.165, 1.54) is 48.9 Å². The molecule has 1 aromatic rings. The number of hydrogen-bond acceptors (Lipinski definition) is 3. The van der Waals surface area contributed by atoms with E-state index < -0.39 is 0 Å². The first-order chi connectivity index (χ1) is 13.0. The molecule has 1 aromatic carbocycles. The third-order valence-electron chi connectivity index (χ3n) is 7.80. The lowest BCUT2D eigenvalue weighted by atomic mass is 9.60. The summed E-state index contributed by atoms with van der Waals surface area (Å²) in [5, 5.41) is 0. The minimum atomic E-state index is 0.00899. The van der Waals surface area contributed by atoms with Gasteiger partial charge in [0.15, 0.2) is 0 Å². The molecule has 2 N–H and O–H groups in total. The van der Waals surface area contributed by atoms with Crippen molar-refractivity contribution in [1.29, 1.82) is 0 Å². The minimum absolute atomic E-state index is 0.00899. The van der Waals surface area contributed by atoms with Crippen LogP contribution in [-0.4, -0.2) is 34.1 Å². The number of aliphatic imine (C=N–C) groups is 1. The minimum Gasteiger partial charge on any atom is -0.337 e. The summed E-state index contributed by atoms with van der Waals surface area (Å²) in [4.78, 5) is 20.3. The van der Waals surface area contributed by atoms with E-state index in [4.69, 9.17) is 10.7 Å². The first kappa shape index (κ1) is 16.3. The molecular formula is C23H29N3O. The van der Waals surface area contributed by atoms with E-state index in [0.717, 1.165) is 30.4 Å². The number of piperidine rings is 2. The van der Waals surface area contributed by atoms with E-state index in [1.54, 1.807) is 0 Å². The van der Waals surface area contributed by atoms with Crippen molar-refractivity contribution in [3.05, 3.63) is 29.3 Å². The average Bonchev–Trinajstić information content (AvgIpc) is 3.38. The fraction of sp³-hybridized carbons (Fsp3) is 0.652. The Balaban J connectivity index is 1.19. The number of hydrogen-bond donors (Lipinski definition) is 1. The number of nitrogens with zero attached hydrogens (tertiary/aromatic N) is 2. The zero-order valence-corrected chi connectivity index (χ0v) is 16.2. The number of rotatable bonds is 4. The molecule has 5 fully saturated rings. The summed E-state index contributed by atoms with van der Waals surface area (Å²) < 4.78 is 0. The van der Waals surface area contributed by atoms with Crippen LogP contribution in [0.4, 0.5) is 5.69 Å². The van der Waals surface area contributed by atoms with E-state index >= 15 is 0 Å². The Morgan fingerprint density at radius 2 is 2.00 bits per heavy atom. The lowest BCUT2D eigenvalue weighted by Crippen LogP contribution is -2.68. The second-order valence-electron chi connectivity index (χ2n) is 10.0. The van der Waals surface area contributed by atoms with Crippen molar-refractivity contribution in [2.24, 2.45) is 22.6 Å². The van der Waals surface area contributed by atoms with Gasteiger partial charge in [0.05, 0.1) is 11.4 Å². The Morgan fingerprint density at radius 1 is 1.26 bits per heavy atom. The highest BCUT2D eigenvalue weighted by atomic mass is 16.2. The van der Waals surface area contributed by atoms with Crippen LogP contribution in [0.3, 0.4) is 0 Å². The Morgan fingerprint density at radius 3 is 2.67 bits per heavy atom. The predicted molar refractivity (Wildman–Crippen MR) is 106 cm³/mol. The van der Waals surface area contributed by atoms with Gasteiger partial charge in [0.25, 0.3) is 0 Å². The summed E-state index contributed by atoms with van der Waals surface area (Å²) in [6.45, 7) is 2.19. The second-order valence-corrected chi connectivity index (χ2v) is 10.0. The van der Waals surface area contributed by atoms with E-state index in [1.807, 2.05) is 0 Å². The van der Waals surface area contributed by atoms with Crippen LogP contribution >= 0.6 is 0 Å². The Labute approximate surface area is 161 Å². The first-order valence-corrected chi connectivity index (χ1v) is 10.8. The maximum atomic E-state index is 13.3. The fourth-order valence-electron chi connectivity index (χ4n) is 6.71. The van der Waals surface area contributed by atoms with Gasteiger partial charge in [0.2, 0.25) is 5.91 Å². The molecule has 4 nitrogen and oxygen atoms in total. The smallest absolute Gasteiger partial charge is 0.223 e. The zero-order chi connectivity index (χ0) is 18.3. The molecule has 6 aliphatic rings. The van der Waals surface area contributed by atoms with Crippen LogP contribution < -0.4 is 5.73 Å². The Bertz CT molecular complexity index is 839. The molecule has 2 saturated heterocycles. The quantitative estimate of drug-likeness (QED) is 0.882. The molecule has 0 spiro atoms. The van der Waals surface area contributed by atoms with Crippen molar-refractivity contribution < 1.29 is 4.79 Å². The van der Waals surface area contributed by atoms with Gasteiger partial charge >= 0.3 is 0 Å². The van der Waals surface area contributed by atoms with Gasteiger partial charge in [0.1, 0.15) is 0 Å². The molecule has 3 aliphatic heterocycles. The van der Waals surface area contributed by atoms with Gasteiger partial charge in [-0.1, -0.05) is 19.1 Å². The monoisotopic (exact) mass is 363 g/mol. The van der Waals surface area contributed by atoms with Crippen LogP contribution in [0.25, 0.3) is 0 Å². The highest BCUT2D eigenvalue weighted by Gasteiger charge is 2.54. The van der Waals surface area contributed by atoms with Gasteiger partial charge in [-0.25, -0.2) is 0 Å². The number of fused-ring (bicyclic) bond motifs is 1. The van der Waals surface area contributed by atoms with E-state index in [9.17, 15) is 4.79 Å². The summed E-state index contributed by atoms with van der Waals surface area (Å²) in [6.07, 6.45) is 8.73. The van der Waals surface area contributed by atoms with Crippen LogP contribution in [-0.2, 0) is 4.79 Å². The maximum Gasteiger partial charge on any atom is 0.223 e. The molecule has 3 unspecified atom stereocenters. The molecule has 142 valence electrons.